The van der Waals surface area contributed by atoms with E-state index >= 15 is 0 Å². The average molecular weight is 413 g/mol. The summed E-state index contributed by atoms with van der Waals surface area (Å²) in [4.78, 5) is 12.5. The Morgan fingerprint density at radius 3 is 2.79 bits per heavy atom. The highest BCUT2D eigenvalue weighted by Gasteiger charge is 2.45. The van der Waals surface area contributed by atoms with Gasteiger partial charge in [0, 0.05) is 12.5 Å². The molecule has 28 heavy (non-hydrogen) atoms. The quantitative estimate of drug-likeness (QED) is 0.772. The van der Waals surface area contributed by atoms with Crippen molar-refractivity contribution in [1.29, 1.82) is 0 Å². The molecule has 2 unspecified atom stereocenters. The lowest BCUT2D eigenvalue weighted by atomic mass is 9.99. The summed E-state index contributed by atoms with van der Waals surface area (Å²) in [6.45, 7) is -1.60. The van der Waals surface area contributed by atoms with Gasteiger partial charge in [0.15, 0.2) is 0 Å². The first-order valence-corrected chi connectivity index (χ1v) is 8.90. The number of rotatable bonds is 5. The van der Waals surface area contributed by atoms with Gasteiger partial charge in [-0.25, -0.2) is 4.39 Å². The smallest absolute Gasteiger partial charge is 0.387 e. The van der Waals surface area contributed by atoms with Crippen molar-refractivity contribution in [3.8, 4) is 5.75 Å². The molecule has 1 saturated carbocycles. The number of halogens is 4. The fourth-order valence-corrected chi connectivity index (χ4v) is 3.67. The van der Waals surface area contributed by atoms with E-state index in [4.69, 9.17) is 0 Å². The standard InChI is InChI=1S/C20H19F3N2O2.ClH/c21-18-12-7-8-24-10-11(12)5-6-16(18)25-19(26)15-9-14(15)13-3-1-2-4-17(13)27-20(22)23;/h1-6,14-15,20,24H,7-10H2,(H,25,26);1H. The summed E-state index contributed by atoms with van der Waals surface area (Å²) in [6.07, 6.45) is 1.10. The van der Waals surface area contributed by atoms with Crippen LogP contribution in [-0.4, -0.2) is 19.1 Å². The molecule has 1 aliphatic heterocycles. The van der Waals surface area contributed by atoms with Gasteiger partial charge in [0.1, 0.15) is 11.6 Å². The number of carbonyl (C=O) groups is 1. The first-order valence-electron chi connectivity index (χ1n) is 8.90. The van der Waals surface area contributed by atoms with E-state index in [9.17, 15) is 18.0 Å². The highest BCUT2D eigenvalue weighted by Crippen LogP contribution is 2.51. The minimum atomic E-state index is -2.92. The first-order chi connectivity index (χ1) is 13.0. The Balaban J connectivity index is 0.00000225. The Kier molecular flexibility index (Phi) is 6.15. The Morgan fingerprint density at radius 2 is 2.00 bits per heavy atom. The van der Waals surface area contributed by atoms with Gasteiger partial charge in [0.2, 0.25) is 5.91 Å². The van der Waals surface area contributed by atoms with Crippen LogP contribution in [0.2, 0.25) is 0 Å². The van der Waals surface area contributed by atoms with Crippen molar-refractivity contribution >= 4 is 24.0 Å². The monoisotopic (exact) mass is 412 g/mol. The molecule has 1 amide bonds. The number of hydrogen-bond donors (Lipinski definition) is 2. The maximum Gasteiger partial charge on any atom is 0.387 e. The number of nitrogens with one attached hydrogen (secondary N) is 2. The topological polar surface area (TPSA) is 50.4 Å². The van der Waals surface area contributed by atoms with E-state index in [1.807, 2.05) is 6.07 Å². The number of alkyl halides is 2. The van der Waals surface area contributed by atoms with Crippen molar-refractivity contribution in [2.45, 2.75) is 31.9 Å². The third kappa shape index (κ3) is 4.10. The Morgan fingerprint density at radius 1 is 1.21 bits per heavy atom. The first kappa shape index (κ1) is 20.5. The van der Waals surface area contributed by atoms with Gasteiger partial charge in [0.25, 0.3) is 0 Å². The molecule has 2 aliphatic rings. The lowest BCUT2D eigenvalue weighted by Gasteiger charge is -2.19. The van der Waals surface area contributed by atoms with E-state index < -0.39 is 6.61 Å². The van der Waals surface area contributed by atoms with Crippen molar-refractivity contribution in [3.05, 3.63) is 58.9 Å². The normalized spacial score (nSPS) is 20.1. The van der Waals surface area contributed by atoms with Crippen LogP contribution in [0.15, 0.2) is 36.4 Å². The number of hydrogen-bond acceptors (Lipinski definition) is 3. The van der Waals surface area contributed by atoms with E-state index in [1.54, 1.807) is 24.3 Å². The molecule has 150 valence electrons. The van der Waals surface area contributed by atoms with Crippen LogP contribution >= 0.6 is 12.4 Å². The zero-order valence-electron chi connectivity index (χ0n) is 14.9. The fraction of sp³-hybridized carbons (Fsp3) is 0.350. The second kappa shape index (κ2) is 8.41. The zero-order chi connectivity index (χ0) is 19.0. The molecular formula is C20H20ClF3N2O2. The van der Waals surface area contributed by atoms with Crippen LogP contribution in [0, 0.1) is 11.7 Å². The molecular weight excluding hydrogens is 393 g/mol. The van der Waals surface area contributed by atoms with E-state index in [0.717, 1.165) is 5.56 Å². The van der Waals surface area contributed by atoms with E-state index in [2.05, 4.69) is 15.4 Å². The lowest BCUT2D eigenvalue weighted by molar-refractivity contribution is -0.117. The number of benzene rings is 2. The van der Waals surface area contributed by atoms with Gasteiger partial charge in [0.05, 0.1) is 5.69 Å². The molecule has 0 spiro atoms. The van der Waals surface area contributed by atoms with Crippen molar-refractivity contribution in [3.63, 3.8) is 0 Å². The number of amides is 1. The van der Waals surface area contributed by atoms with Crippen molar-refractivity contribution < 1.29 is 22.7 Å². The Bertz CT molecular complexity index is 879. The van der Waals surface area contributed by atoms with Crippen LogP contribution in [0.3, 0.4) is 0 Å². The maximum absolute atomic E-state index is 14.7. The zero-order valence-corrected chi connectivity index (χ0v) is 15.7. The molecule has 1 aliphatic carbocycles. The molecule has 0 radical (unpaired) electrons. The second-order valence-corrected chi connectivity index (χ2v) is 6.85. The van der Waals surface area contributed by atoms with Gasteiger partial charge in [-0.05, 0) is 54.1 Å². The molecule has 4 nitrogen and oxygen atoms in total. The third-order valence-corrected chi connectivity index (χ3v) is 5.13. The molecule has 2 N–H and O–H groups in total. The summed E-state index contributed by atoms with van der Waals surface area (Å²) in [5.74, 6) is -1.20. The van der Waals surface area contributed by atoms with Crippen molar-refractivity contribution in [2.24, 2.45) is 5.92 Å². The van der Waals surface area contributed by atoms with E-state index in [-0.39, 0.29) is 47.4 Å². The number of carbonyl (C=O) groups excluding carboxylic acids is 1. The van der Waals surface area contributed by atoms with Crippen molar-refractivity contribution in [2.75, 3.05) is 11.9 Å². The molecule has 0 saturated heterocycles. The number of fused-ring (bicyclic) bond motifs is 1. The van der Waals surface area contributed by atoms with Gasteiger partial charge in [-0.15, -0.1) is 12.4 Å². The number of anilines is 1. The van der Waals surface area contributed by atoms with Crippen LogP contribution < -0.4 is 15.4 Å². The van der Waals surface area contributed by atoms with Gasteiger partial charge < -0.3 is 15.4 Å². The summed E-state index contributed by atoms with van der Waals surface area (Å²) < 4.78 is 44.3. The minimum absolute atomic E-state index is 0. The molecule has 2 atom stereocenters. The predicted molar refractivity (Wildman–Crippen MR) is 102 cm³/mol. The predicted octanol–water partition coefficient (Wildman–Crippen LogP) is 4.24. The van der Waals surface area contributed by atoms with Gasteiger partial charge in [-0.2, -0.15) is 8.78 Å². The largest absolute Gasteiger partial charge is 0.435 e. The SMILES string of the molecule is Cl.O=C(Nc1ccc2c(c1F)CCNC2)C1CC1c1ccccc1OC(F)F. The molecule has 4 rings (SSSR count). The highest BCUT2D eigenvalue weighted by molar-refractivity contribution is 5.95. The summed E-state index contributed by atoms with van der Waals surface area (Å²) in [5, 5.41) is 5.84. The van der Waals surface area contributed by atoms with Gasteiger partial charge >= 0.3 is 6.61 Å². The molecule has 0 bridgehead atoms. The van der Waals surface area contributed by atoms with Crippen LogP contribution in [0.1, 0.15) is 29.0 Å². The van der Waals surface area contributed by atoms with Crippen LogP contribution in [0.25, 0.3) is 0 Å². The molecule has 2 aromatic carbocycles. The molecule has 8 heteroatoms. The molecule has 2 aromatic rings. The number of ether oxygens (including phenoxy) is 1. The summed E-state index contributed by atoms with van der Waals surface area (Å²) in [5.41, 5.74) is 2.28. The summed E-state index contributed by atoms with van der Waals surface area (Å²) >= 11 is 0. The molecule has 1 fully saturated rings. The third-order valence-electron chi connectivity index (χ3n) is 5.13. The fourth-order valence-electron chi connectivity index (χ4n) is 3.67. The average Bonchev–Trinajstić information content (AvgIpc) is 3.45. The van der Waals surface area contributed by atoms with Gasteiger partial charge in [-0.1, -0.05) is 24.3 Å². The minimum Gasteiger partial charge on any atom is -0.435 e. The highest BCUT2D eigenvalue weighted by atomic mass is 35.5. The van der Waals surface area contributed by atoms with Crippen LogP contribution in [0.4, 0.5) is 18.9 Å². The van der Waals surface area contributed by atoms with Crippen LogP contribution in [-0.2, 0) is 17.8 Å². The molecule has 1 heterocycles. The number of para-hydroxylation sites is 1. The Hall–Kier alpha value is -2.25. The summed E-state index contributed by atoms with van der Waals surface area (Å²) in [7, 11) is 0. The van der Waals surface area contributed by atoms with Crippen molar-refractivity contribution in [1.82, 2.24) is 5.32 Å². The maximum atomic E-state index is 14.7. The summed E-state index contributed by atoms with van der Waals surface area (Å²) in [6, 6.07) is 9.86. The van der Waals surface area contributed by atoms with Gasteiger partial charge in [-0.3, -0.25) is 4.79 Å². The van der Waals surface area contributed by atoms with E-state index in [1.165, 1.54) is 6.07 Å². The Labute approximate surface area is 166 Å². The molecule has 0 aromatic heterocycles. The van der Waals surface area contributed by atoms with E-state index in [0.29, 0.717) is 37.1 Å². The second-order valence-electron chi connectivity index (χ2n) is 6.85. The van der Waals surface area contributed by atoms with Crippen LogP contribution in [0.5, 0.6) is 5.75 Å². The lowest BCUT2D eigenvalue weighted by Crippen LogP contribution is -2.25.